The Kier molecular flexibility index (Phi) is 5.56. The maximum atomic E-state index is 14.0. The second-order valence-corrected chi connectivity index (χ2v) is 7.22. The summed E-state index contributed by atoms with van der Waals surface area (Å²) in [5.74, 6) is -3.37. The molecule has 0 amide bonds. The zero-order valence-corrected chi connectivity index (χ0v) is 16.4. The molecule has 0 radical (unpaired) electrons. The molecule has 0 saturated heterocycles. The first-order valence-electron chi connectivity index (χ1n) is 9.41. The minimum Gasteiger partial charge on any atom is -0.283 e. The minimum absolute atomic E-state index is 0.00282. The molecule has 0 aliphatic rings. The lowest BCUT2D eigenvalue weighted by atomic mass is 10.0. The third-order valence-electron chi connectivity index (χ3n) is 4.89. The van der Waals surface area contributed by atoms with Gasteiger partial charge < -0.3 is 0 Å². The van der Waals surface area contributed by atoms with E-state index in [2.05, 4.69) is 5.10 Å². The minimum atomic E-state index is -1.02. The van der Waals surface area contributed by atoms with Crippen LogP contribution in [0.5, 0.6) is 0 Å². The zero-order chi connectivity index (χ0) is 22.1. The van der Waals surface area contributed by atoms with Crippen molar-refractivity contribution in [1.29, 1.82) is 0 Å². The van der Waals surface area contributed by atoms with Gasteiger partial charge in [-0.25, -0.2) is 22.2 Å². The quantitative estimate of drug-likeness (QED) is 0.433. The van der Waals surface area contributed by atoms with Crippen molar-refractivity contribution in [3.8, 4) is 11.3 Å². The first-order chi connectivity index (χ1) is 14.8. The molecule has 0 bridgehead atoms. The molecular weight excluding hydrogens is 410 g/mol. The fourth-order valence-corrected chi connectivity index (χ4v) is 3.41. The van der Waals surface area contributed by atoms with Crippen LogP contribution >= 0.6 is 0 Å². The Morgan fingerprint density at radius 1 is 0.871 bits per heavy atom. The number of halogens is 4. The van der Waals surface area contributed by atoms with E-state index in [1.165, 1.54) is 16.8 Å². The molecule has 0 aliphatic carbocycles. The van der Waals surface area contributed by atoms with Crippen LogP contribution in [0.1, 0.15) is 5.56 Å². The Hall–Kier alpha value is -3.52. The van der Waals surface area contributed by atoms with Gasteiger partial charge >= 0.3 is 0 Å². The SMILES string of the molecule is CN(Cc1ccc(F)cc1F)Cn1nc(-c2ccc(F)c(F)c2)c2ccccc2c1=O. The van der Waals surface area contributed by atoms with E-state index in [1.807, 2.05) is 0 Å². The van der Waals surface area contributed by atoms with Crippen molar-refractivity contribution < 1.29 is 17.6 Å². The van der Waals surface area contributed by atoms with Crippen LogP contribution in [0.25, 0.3) is 22.0 Å². The molecule has 0 N–H and O–H groups in total. The number of nitrogens with zero attached hydrogens (tertiary/aromatic N) is 3. The van der Waals surface area contributed by atoms with Gasteiger partial charge in [0.1, 0.15) is 11.6 Å². The van der Waals surface area contributed by atoms with Crippen molar-refractivity contribution in [2.75, 3.05) is 7.05 Å². The maximum absolute atomic E-state index is 14.0. The van der Waals surface area contributed by atoms with Crippen LogP contribution in [0.15, 0.2) is 65.5 Å². The molecule has 0 saturated carbocycles. The summed E-state index contributed by atoms with van der Waals surface area (Å²) in [5.41, 5.74) is 0.512. The van der Waals surface area contributed by atoms with Gasteiger partial charge in [0.25, 0.3) is 5.56 Å². The van der Waals surface area contributed by atoms with Crippen molar-refractivity contribution in [3.05, 3.63) is 99.8 Å². The standard InChI is InChI=1S/C23H17F4N3O/c1-29(12-15-6-8-16(24)11-20(15)26)13-30-23(31)18-5-3-2-4-17(18)22(28-30)14-7-9-19(25)21(27)10-14/h2-11H,12-13H2,1H3. The first-order valence-corrected chi connectivity index (χ1v) is 9.41. The topological polar surface area (TPSA) is 38.1 Å². The lowest BCUT2D eigenvalue weighted by Crippen LogP contribution is -2.32. The molecule has 31 heavy (non-hydrogen) atoms. The number of fused-ring (bicyclic) bond motifs is 1. The van der Waals surface area contributed by atoms with Gasteiger partial charge in [0.2, 0.25) is 0 Å². The highest BCUT2D eigenvalue weighted by Crippen LogP contribution is 2.26. The van der Waals surface area contributed by atoms with Crippen molar-refractivity contribution in [1.82, 2.24) is 14.7 Å². The molecule has 1 aromatic heterocycles. The van der Waals surface area contributed by atoms with Gasteiger partial charge in [-0.3, -0.25) is 9.69 Å². The Labute approximate surface area is 175 Å². The predicted octanol–water partition coefficient (Wildman–Crippen LogP) is 4.71. The summed E-state index contributed by atoms with van der Waals surface area (Å²) in [4.78, 5) is 14.6. The molecule has 8 heteroatoms. The van der Waals surface area contributed by atoms with Crippen LogP contribution < -0.4 is 5.56 Å². The van der Waals surface area contributed by atoms with Gasteiger partial charge in [0.15, 0.2) is 11.6 Å². The summed E-state index contributed by atoms with van der Waals surface area (Å²) < 4.78 is 55.5. The number of benzene rings is 3. The van der Waals surface area contributed by atoms with Crippen molar-refractivity contribution in [2.24, 2.45) is 0 Å². The Balaban J connectivity index is 1.74. The number of hydrogen-bond donors (Lipinski definition) is 0. The zero-order valence-electron chi connectivity index (χ0n) is 16.4. The normalized spacial score (nSPS) is 11.4. The highest BCUT2D eigenvalue weighted by molar-refractivity contribution is 5.93. The maximum Gasteiger partial charge on any atom is 0.275 e. The molecule has 4 aromatic rings. The van der Waals surface area contributed by atoms with E-state index in [0.29, 0.717) is 22.0 Å². The molecule has 3 aromatic carbocycles. The van der Waals surface area contributed by atoms with Crippen LogP contribution in [0.4, 0.5) is 17.6 Å². The van der Waals surface area contributed by atoms with Crippen LogP contribution in [0.2, 0.25) is 0 Å². The van der Waals surface area contributed by atoms with E-state index >= 15 is 0 Å². The van der Waals surface area contributed by atoms with Crippen LogP contribution in [0, 0.1) is 23.3 Å². The van der Waals surface area contributed by atoms with Gasteiger partial charge in [0.05, 0.1) is 17.7 Å². The summed E-state index contributed by atoms with van der Waals surface area (Å²) in [7, 11) is 1.66. The Morgan fingerprint density at radius 2 is 1.61 bits per heavy atom. The monoisotopic (exact) mass is 427 g/mol. The summed E-state index contributed by atoms with van der Waals surface area (Å²) in [5, 5.41) is 5.24. The average Bonchev–Trinajstić information content (AvgIpc) is 2.74. The van der Waals surface area contributed by atoms with E-state index in [1.54, 1.807) is 36.2 Å². The summed E-state index contributed by atoms with van der Waals surface area (Å²) in [6, 6.07) is 13.4. The number of rotatable bonds is 5. The van der Waals surface area contributed by atoms with Gasteiger partial charge in [-0.15, -0.1) is 0 Å². The Bertz CT molecular complexity index is 1340. The summed E-state index contributed by atoms with van der Waals surface area (Å²) in [6.07, 6.45) is 0. The smallest absolute Gasteiger partial charge is 0.275 e. The Morgan fingerprint density at radius 3 is 2.32 bits per heavy atom. The molecule has 0 unspecified atom stereocenters. The van der Waals surface area contributed by atoms with Gasteiger partial charge in [-0.05, 0) is 37.4 Å². The van der Waals surface area contributed by atoms with Gasteiger partial charge in [0, 0.05) is 29.1 Å². The van der Waals surface area contributed by atoms with Gasteiger partial charge in [-0.2, -0.15) is 5.10 Å². The first kappa shape index (κ1) is 20.7. The molecule has 1 heterocycles. The third kappa shape index (κ3) is 4.20. The third-order valence-corrected chi connectivity index (χ3v) is 4.89. The largest absolute Gasteiger partial charge is 0.283 e. The van der Waals surface area contributed by atoms with E-state index in [9.17, 15) is 22.4 Å². The molecule has 0 fully saturated rings. The van der Waals surface area contributed by atoms with Crippen LogP contribution in [-0.4, -0.2) is 21.7 Å². The summed E-state index contributed by atoms with van der Waals surface area (Å²) in [6.45, 7) is 0.102. The van der Waals surface area contributed by atoms with Gasteiger partial charge in [-0.1, -0.05) is 24.3 Å². The predicted molar refractivity (Wildman–Crippen MR) is 109 cm³/mol. The highest BCUT2D eigenvalue weighted by atomic mass is 19.2. The highest BCUT2D eigenvalue weighted by Gasteiger charge is 2.15. The van der Waals surface area contributed by atoms with E-state index in [0.717, 1.165) is 24.3 Å². The molecular formula is C23H17F4N3O. The van der Waals surface area contributed by atoms with Crippen LogP contribution in [-0.2, 0) is 13.2 Å². The van der Waals surface area contributed by atoms with Crippen molar-refractivity contribution in [2.45, 2.75) is 13.2 Å². The fourth-order valence-electron chi connectivity index (χ4n) is 3.41. The molecule has 0 atom stereocenters. The van der Waals surface area contributed by atoms with Crippen molar-refractivity contribution in [3.63, 3.8) is 0 Å². The van der Waals surface area contributed by atoms with Crippen molar-refractivity contribution >= 4 is 10.8 Å². The molecule has 0 aliphatic heterocycles. The second kappa shape index (κ2) is 8.31. The molecule has 4 rings (SSSR count). The molecule has 4 nitrogen and oxygen atoms in total. The number of hydrogen-bond acceptors (Lipinski definition) is 3. The fraction of sp³-hybridized carbons (Fsp3) is 0.130. The van der Waals surface area contributed by atoms with E-state index in [-0.39, 0.29) is 24.3 Å². The number of aromatic nitrogens is 2. The second-order valence-electron chi connectivity index (χ2n) is 7.22. The summed E-state index contributed by atoms with van der Waals surface area (Å²) >= 11 is 0. The lowest BCUT2D eigenvalue weighted by Gasteiger charge is -2.19. The van der Waals surface area contributed by atoms with E-state index in [4.69, 9.17) is 0 Å². The average molecular weight is 427 g/mol. The molecule has 0 spiro atoms. The molecule has 158 valence electrons. The van der Waals surface area contributed by atoms with Crippen LogP contribution in [0.3, 0.4) is 0 Å². The van der Waals surface area contributed by atoms with E-state index < -0.39 is 23.3 Å². The lowest BCUT2D eigenvalue weighted by molar-refractivity contribution is 0.238.